The van der Waals surface area contributed by atoms with Crippen molar-refractivity contribution in [3.8, 4) is 5.75 Å². The highest BCUT2D eigenvalue weighted by Crippen LogP contribution is 2.28. The quantitative estimate of drug-likeness (QED) is 0.466. The van der Waals surface area contributed by atoms with Crippen molar-refractivity contribution in [3.63, 3.8) is 0 Å². The minimum atomic E-state index is -0.822. The molecule has 174 valence electrons. The van der Waals surface area contributed by atoms with Crippen molar-refractivity contribution in [2.24, 2.45) is 5.92 Å². The molecule has 0 radical (unpaired) electrons. The first-order valence-corrected chi connectivity index (χ1v) is 11.5. The van der Waals surface area contributed by atoms with Crippen molar-refractivity contribution in [2.75, 3.05) is 26.4 Å². The molecule has 1 fully saturated rings. The van der Waals surface area contributed by atoms with Crippen LogP contribution in [0.5, 0.6) is 5.75 Å². The van der Waals surface area contributed by atoms with E-state index in [2.05, 4.69) is 0 Å². The Balaban J connectivity index is 1.38. The Hall–Kier alpha value is -2.57. The smallest absolute Gasteiger partial charge is 0.410 e. The van der Waals surface area contributed by atoms with Crippen LogP contribution in [0.1, 0.15) is 37.8 Å². The number of hydrogen-bond acceptors (Lipinski definition) is 5. The van der Waals surface area contributed by atoms with Crippen molar-refractivity contribution in [1.82, 2.24) is 4.90 Å². The van der Waals surface area contributed by atoms with Crippen LogP contribution in [-0.4, -0.2) is 54.6 Å². The molecule has 0 aromatic heterocycles. The van der Waals surface area contributed by atoms with Crippen molar-refractivity contribution in [2.45, 2.75) is 51.9 Å². The second-order valence-corrected chi connectivity index (χ2v) is 8.66. The minimum Gasteiger partial charge on any atom is -0.491 e. The second-order valence-electron chi connectivity index (χ2n) is 8.66. The van der Waals surface area contributed by atoms with Gasteiger partial charge in [0.15, 0.2) is 0 Å². The topological polar surface area (TPSA) is 68.2 Å². The molecule has 1 aliphatic carbocycles. The summed E-state index contributed by atoms with van der Waals surface area (Å²) in [6.45, 7) is 5.84. The number of rotatable bonds is 13. The number of hydrogen-bond donors (Lipinski definition) is 1. The van der Waals surface area contributed by atoms with Gasteiger partial charge in [0, 0.05) is 12.6 Å². The molecule has 3 rings (SSSR count). The zero-order chi connectivity index (χ0) is 22.8. The van der Waals surface area contributed by atoms with Gasteiger partial charge in [-0.25, -0.2) is 4.79 Å². The van der Waals surface area contributed by atoms with Gasteiger partial charge in [0.1, 0.15) is 25.1 Å². The molecule has 0 saturated heterocycles. The standard InChI is InChI=1S/C26H35NO5/c1-20(2)27(26(29)32-18-22-6-4-3-5-7-22)16-24(28)19-31-25-12-10-21(11-13-25)14-15-30-17-23-8-9-23/h3-7,10-13,20,23-24,28H,8-9,14-19H2,1-2H3. The molecule has 1 unspecified atom stereocenters. The number of carbonyl (C=O) groups excluding carboxylic acids is 1. The van der Waals surface area contributed by atoms with Crippen molar-refractivity contribution < 1.29 is 24.1 Å². The van der Waals surface area contributed by atoms with Crippen LogP contribution in [0.4, 0.5) is 4.79 Å². The largest absolute Gasteiger partial charge is 0.491 e. The number of aliphatic hydroxyl groups is 1. The van der Waals surface area contributed by atoms with E-state index in [1.807, 2.05) is 68.4 Å². The van der Waals surface area contributed by atoms with Gasteiger partial charge in [-0.05, 0) is 62.3 Å². The summed E-state index contributed by atoms with van der Waals surface area (Å²) in [6, 6.07) is 17.3. The molecule has 32 heavy (non-hydrogen) atoms. The number of aliphatic hydroxyl groups excluding tert-OH is 1. The zero-order valence-electron chi connectivity index (χ0n) is 19.1. The van der Waals surface area contributed by atoms with Crippen LogP contribution in [0, 0.1) is 5.92 Å². The lowest BCUT2D eigenvalue weighted by atomic mass is 10.1. The van der Waals surface area contributed by atoms with Gasteiger partial charge in [0.25, 0.3) is 0 Å². The predicted molar refractivity (Wildman–Crippen MR) is 124 cm³/mol. The second kappa shape index (κ2) is 12.5. The summed E-state index contributed by atoms with van der Waals surface area (Å²) < 4.78 is 16.8. The summed E-state index contributed by atoms with van der Waals surface area (Å²) in [6.07, 6.45) is 2.22. The summed E-state index contributed by atoms with van der Waals surface area (Å²) in [5.74, 6) is 1.48. The third kappa shape index (κ3) is 8.52. The molecule has 1 N–H and O–H groups in total. The van der Waals surface area contributed by atoms with Gasteiger partial charge in [-0.15, -0.1) is 0 Å². The van der Waals surface area contributed by atoms with Crippen LogP contribution < -0.4 is 4.74 Å². The molecule has 1 aliphatic rings. The zero-order valence-corrected chi connectivity index (χ0v) is 19.1. The SMILES string of the molecule is CC(C)N(CC(O)COc1ccc(CCOCC2CC2)cc1)C(=O)OCc1ccccc1. The van der Waals surface area contributed by atoms with Crippen molar-refractivity contribution in [3.05, 3.63) is 65.7 Å². The molecular weight excluding hydrogens is 406 g/mol. The van der Waals surface area contributed by atoms with E-state index >= 15 is 0 Å². The number of amides is 1. The summed E-state index contributed by atoms with van der Waals surface area (Å²) in [7, 11) is 0. The van der Waals surface area contributed by atoms with Gasteiger partial charge in [0.2, 0.25) is 0 Å². The van der Waals surface area contributed by atoms with Gasteiger partial charge in [-0.2, -0.15) is 0 Å². The Kier molecular flexibility index (Phi) is 9.38. The van der Waals surface area contributed by atoms with Crippen LogP contribution in [0.15, 0.2) is 54.6 Å². The van der Waals surface area contributed by atoms with E-state index in [-0.39, 0.29) is 25.8 Å². The third-order valence-corrected chi connectivity index (χ3v) is 5.42. The first-order chi connectivity index (χ1) is 15.5. The van der Waals surface area contributed by atoms with Crippen LogP contribution >= 0.6 is 0 Å². The Morgan fingerprint density at radius 2 is 1.78 bits per heavy atom. The van der Waals surface area contributed by atoms with E-state index in [0.717, 1.165) is 31.1 Å². The Bertz CT molecular complexity index is 805. The van der Waals surface area contributed by atoms with Crippen LogP contribution in [0.3, 0.4) is 0 Å². The molecule has 6 heteroatoms. The highest BCUT2D eigenvalue weighted by atomic mass is 16.6. The third-order valence-electron chi connectivity index (χ3n) is 5.42. The van der Waals surface area contributed by atoms with Gasteiger partial charge in [-0.3, -0.25) is 0 Å². The number of benzene rings is 2. The van der Waals surface area contributed by atoms with E-state index < -0.39 is 12.2 Å². The highest BCUT2D eigenvalue weighted by molar-refractivity contribution is 5.68. The first kappa shape index (κ1) is 24.1. The maximum Gasteiger partial charge on any atom is 0.410 e. The lowest BCUT2D eigenvalue weighted by molar-refractivity contribution is 0.0401. The first-order valence-electron chi connectivity index (χ1n) is 11.5. The summed E-state index contributed by atoms with van der Waals surface area (Å²) >= 11 is 0. The van der Waals surface area contributed by atoms with E-state index in [4.69, 9.17) is 14.2 Å². The summed E-state index contributed by atoms with van der Waals surface area (Å²) in [4.78, 5) is 14.0. The average molecular weight is 442 g/mol. The molecule has 1 amide bonds. The molecule has 0 bridgehead atoms. The molecule has 0 spiro atoms. The maximum absolute atomic E-state index is 12.5. The lowest BCUT2D eigenvalue weighted by Crippen LogP contribution is -2.43. The average Bonchev–Trinajstić information content (AvgIpc) is 3.63. The number of carbonyl (C=O) groups is 1. The summed E-state index contributed by atoms with van der Waals surface area (Å²) in [5, 5.41) is 10.4. The minimum absolute atomic E-state index is 0.0963. The molecule has 2 aromatic rings. The highest BCUT2D eigenvalue weighted by Gasteiger charge is 2.22. The van der Waals surface area contributed by atoms with Crippen molar-refractivity contribution in [1.29, 1.82) is 0 Å². The van der Waals surface area contributed by atoms with Crippen LogP contribution in [0.25, 0.3) is 0 Å². The molecule has 1 saturated carbocycles. The van der Waals surface area contributed by atoms with E-state index in [0.29, 0.717) is 5.75 Å². The fourth-order valence-corrected chi connectivity index (χ4v) is 3.25. The maximum atomic E-state index is 12.5. The van der Waals surface area contributed by atoms with Crippen LogP contribution in [-0.2, 0) is 22.5 Å². The number of nitrogens with zero attached hydrogens (tertiary/aromatic N) is 1. The predicted octanol–water partition coefficient (Wildman–Crippen LogP) is 4.44. The Labute approximate surface area is 191 Å². The number of ether oxygens (including phenoxy) is 3. The molecule has 1 atom stereocenters. The van der Waals surface area contributed by atoms with E-state index in [9.17, 15) is 9.90 Å². The Morgan fingerprint density at radius 1 is 1.06 bits per heavy atom. The molecule has 2 aromatic carbocycles. The molecule has 0 heterocycles. The van der Waals surface area contributed by atoms with Gasteiger partial charge < -0.3 is 24.2 Å². The van der Waals surface area contributed by atoms with Gasteiger partial charge >= 0.3 is 6.09 Å². The van der Waals surface area contributed by atoms with E-state index in [1.165, 1.54) is 23.3 Å². The fourth-order valence-electron chi connectivity index (χ4n) is 3.25. The van der Waals surface area contributed by atoms with Crippen LogP contribution in [0.2, 0.25) is 0 Å². The van der Waals surface area contributed by atoms with Gasteiger partial charge in [0.05, 0.1) is 13.2 Å². The van der Waals surface area contributed by atoms with Crippen molar-refractivity contribution >= 4 is 6.09 Å². The molecule has 6 nitrogen and oxygen atoms in total. The fraction of sp³-hybridized carbons (Fsp3) is 0.500. The molecule has 0 aliphatic heterocycles. The monoisotopic (exact) mass is 441 g/mol. The lowest BCUT2D eigenvalue weighted by Gasteiger charge is -2.28. The van der Waals surface area contributed by atoms with E-state index in [1.54, 1.807) is 0 Å². The van der Waals surface area contributed by atoms with Gasteiger partial charge in [-0.1, -0.05) is 42.5 Å². The summed E-state index contributed by atoms with van der Waals surface area (Å²) in [5.41, 5.74) is 2.12. The normalized spacial score (nSPS) is 14.2. The molecular formula is C26H35NO5. The Morgan fingerprint density at radius 3 is 2.44 bits per heavy atom.